The summed E-state index contributed by atoms with van der Waals surface area (Å²) in [5.41, 5.74) is 2.18. The second kappa shape index (κ2) is 7.13. The maximum Gasteiger partial charge on any atom is 0.163 e. The zero-order chi connectivity index (χ0) is 16.2. The second-order valence-electron chi connectivity index (χ2n) is 5.64. The molecule has 2 aromatic carbocycles. The van der Waals surface area contributed by atoms with E-state index in [-0.39, 0.29) is 6.10 Å². The van der Waals surface area contributed by atoms with Gasteiger partial charge in [0.1, 0.15) is 19.0 Å². The molecule has 0 amide bonds. The topological polar surface area (TPSA) is 39.7 Å². The second-order valence-corrected chi connectivity index (χ2v) is 6.50. The van der Waals surface area contributed by atoms with Crippen LogP contribution in [0.25, 0.3) is 0 Å². The van der Waals surface area contributed by atoms with Gasteiger partial charge in [-0.2, -0.15) is 0 Å². The van der Waals surface area contributed by atoms with Crippen molar-refractivity contribution in [3.8, 4) is 17.2 Å². The van der Waals surface area contributed by atoms with Gasteiger partial charge in [0.15, 0.2) is 11.5 Å². The Balaban J connectivity index is 1.65. The van der Waals surface area contributed by atoms with E-state index in [1.165, 1.54) is 5.56 Å². The van der Waals surface area contributed by atoms with Gasteiger partial charge in [-0.1, -0.05) is 6.07 Å². The maximum atomic E-state index is 5.73. The lowest BCUT2D eigenvalue weighted by atomic mass is 10.2. The average molecular weight is 378 g/mol. The molecule has 0 unspecified atom stereocenters. The first kappa shape index (κ1) is 16.0. The van der Waals surface area contributed by atoms with Gasteiger partial charge in [0.2, 0.25) is 0 Å². The first-order valence-corrected chi connectivity index (χ1v) is 8.50. The number of benzene rings is 2. The van der Waals surface area contributed by atoms with Crippen LogP contribution in [0.5, 0.6) is 17.2 Å². The highest BCUT2D eigenvalue weighted by atomic mass is 79.9. The summed E-state index contributed by atoms with van der Waals surface area (Å²) in [7, 11) is 0. The fourth-order valence-corrected chi connectivity index (χ4v) is 2.88. The normalized spacial score (nSPS) is 13.0. The quantitative estimate of drug-likeness (QED) is 0.824. The Morgan fingerprint density at radius 1 is 1.09 bits per heavy atom. The summed E-state index contributed by atoms with van der Waals surface area (Å²) in [6.45, 7) is 5.97. The van der Waals surface area contributed by atoms with E-state index in [0.29, 0.717) is 13.2 Å². The van der Waals surface area contributed by atoms with Crippen molar-refractivity contribution in [1.82, 2.24) is 0 Å². The third-order valence-electron chi connectivity index (χ3n) is 3.40. The molecule has 0 saturated heterocycles. The predicted molar refractivity (Wildman–Crippen MR) is 94.7 cm³/mol. The lowest BCUT2D eigenvalue weighted by Crippen LogP contribution is -2.15. The van der Waals surface area contributed by atoms with Crippen LogP contribution in [0.2, 0.25) is 0 Å². The van der Waals surface area contributed by atoms with Gasteiger partial charge in [-0.05, 0) is 59.6 Å². The summed E-state index contributed by atoms with van der Waals surface area (Å²) >= 11 is 3.56. The molecule has 0 bridgehead atoms. The summed E-state index contributed by atoms with van der Waals surface area (Å²) < 4.78 is 17.8. The van der Waals surface area contributed by atoms with Crippen LogP contribution >= 0.6 is 15.9 Å². The van der Waals surface area contributed by atoms with Gasteiger partial charge in [-0.15, -0.1) is 0 Å². The fraction of sp³-hybridized carbons (Fsp3) is 0.333. The summed E-state index contributed by atoms with van der Waals surface area (Å²) in [6, 6.07) is 12.0. The Bertz CT molecular complexity index is 688. The molecule has 4 nitrogen and oxygen atoms in total. The zero-order valence-corrected chi connectivity index (χ0v) is 14.9. The van der Waals surface area contributed by atoms with Crippen molar-refractivity contribution in [2.24, 2.45) is 0 Å². The molecule has 23 heavy (non-hydrogen) atoms. The van der Waals surface area contributed by atoms with Gasteiger partial charge in [-0.25, -0.2) is 0 Å². The SMILES string of the molecule is CC(C)Oc1ccc(CNc2ccc3c(c2)OCCO3)cc1Br. The predicted octanol–water partition coefficient (Wildman–Crippen LogP) is 4.62. The average Bonchev–Trinajstić information content (AvgIpc) is 2.54. The van der Waals surface area contributed by atoms with Gasteiger partial charge >= 0.3 is 0 Å². The van der Waals surface area contributed by atoms with Crippen molar-refractivity contribution in [1.29, 1.82) is 0 Å². The molecule has 122 valence electrons. The number of hydrogen-bond acceptors (Lipinski definition) is 4. The Morgan fingerprint density at radius 2 is 1.87 bits per heavy atom. The molecule has 0 fully saturated rings. The molecule has 0 atom stereocenters. The molecule has 2 aromatic rings. The number of nitrogens with one attached hydrogen (secondary N) is 1. The Hall–Kier alpha value is -1.88. The number of halogens is 1. The van der Waals surface area contributed by atoms with Crippen molar-refractivity contribution in [3.63, 3.8) is 0 Å². The van der Waals surface area contributed by atoms with Gasteiger partial charge in [0.25, 0.3) is 0 Å². The molecule has 1 aliphatic rings. The van der Waals surface area contributed by atoms with E-state index < -0.39 is 0 Å². The van der Waals surface area contributed by atoms with E-state index in [2.05, 4.69) is 33.4 Å². The summed E-state index contributed by atoms with van der Waals surface area (Å²) in [4.78, 5) is 0. The molecule has 0 radical (unpaired) electrons. The first-order valence-electron chi connectivity index (χ1n) is 7.70. The zero-order valence-electron chi connectivity index (χ0n) is 13.3. The van der Waals surface area contributed by atoms with Crippen molar-refractivity contribution in [2.75, 3.05) is 18.5 Å². The van der Waals surface area contributed by atoms with Gasteiger partial charge < -0.3 is 19.5 Å². The van der Waals surface area contributed by atoms with Gasteiger partial charge in [-0.3, -0.25) is 0 Å². The minimum Gasteiger partial charge on any atom is -0.490 e. The van der Waals surface area contributed by atoms with E-state index >= 15 is 0 Å². The van der Waals surface area contributed by atoms with Crippen LogP contribution < -0.4 is 19.5 Å². The maximum absolute atomic E-state index is 5.73. The first-order chi connectivity index (χ1) is 11.1. The molecule has 5 heteroatoms. The van der Waals surface area contributed by atoms with Crippen LogP contribution in [0.3, 0.4) is 0 Å². The molecule has 0 aromatic heterocycles. The number of ether oxygens (including phenoxy) is 3. The summed E-state index contributed by atoms with van der Waals surface area (Å²) in [5, 5.41) is 3.40. The van der Waals surface area contributed by atoms with Crippen LogP contribution in [0.15, 0.2) is 40.9 Å². The molecular formula is C18H20BrNO3. The molecular weight excluding hydrogens is 358 g/mol. The third-order valence-corrected chi connectivity index (χ3v) is 4.02. The smallest absolute Gasteiger partial charge is 0.163 e. The number of fused-ring (bicyclic) bond motifs is 1. The monoisotopic (exact) mass is 377 g/mol. The van der Waals surface area contributed by atoms with Crippen LogP contribution in [0, 0.1) is 0 Å². The standard InChI is InChI=1S/C18H20BrNO3/c1-12(2)23-16-5-3-13(9-15(16)19)11-20-14-4-6-17-18(10-14)22-8-7-21-17/h3-6,9-10,12,20H,7-8,11H2,1-2H3. The van der Waals surface area contributed by atoms with Crippen molar-refractivity contribution < 1.29 is 14.2 Å². The molecule has 0 saturated carbocycles. The van der Waals surface area contributed by atoms with Crippen LogP contribution in [0.4, 0.5) is 5.69 Å². The lowest BCUT2D eigenvalue weighted by molar-refractivity contribution is 0.171. The fourth-order valence-electron chi connectivity index (χ4n) is 2.36. The van der Waals surface area contributed by atoms with E-state index in [9.17, 15) is 0 Å². The number of anilines is 1. The minimum absolute atomic E-state index is 0.160. The van der Waals surface area contributed by atoms with Crippen molar-refractivity contribution >= 4 is 21.6 Å². The van der Waals surface area contributed by atoms with Crippen molar-refractivity contribution in [2.45, 2.75) is 26.5 Å². The van der Waals surface area contributed by atoms with E-state index in [0.717, 1.165) is 34.0 Å². The van der Waals surface area contributed by atoms with Crippen LogP contribution in [-0.2, 0) is 6.54 Å². The summed E-state index contributed by atoms with van der Waals surface area (Å²) in [6.07, 6.45) is 0.160. The minimum atomic E-state index is 0.160. The highest BCUT2D eigenvalue weighted by molar-refractivity contribution is 9.10. The van der Waals surface area contributed by atoms with Crippen LogP contribution in [0.1, 0.15) is 19.4 Å². The number of hydrogen-bond donors (Lipinski definition) is 1. The molecule has 3 rings (SSSR count). The summed E-state index contributed by atoms with van der Waals surface area (Å²) in [5.74, 6) is 2.46. The van der Waals surface area contributed by atoms with E-state index in [4.69, 9.17) is 14.2 Å². The molecule has 1 heterocycles. The number of rotatable bonds is 5. The van der Waals surface area contributed by atoms with Crippen LogP contribution in [-0.4, -0.2) is 19.3 Å². The van der Waals surface area contributed by atoms with Crippen molar-refractivity contribution in [3.05, 3.63) is 46.4 Å². The molecule has 1 aliphatic heterocycles. The Morgan fingerprint density at radius 3 is 2.61 bits per heavy atom. The molecule has 0 spiro atoms. The highest BCUT2D eigenvalue weighted by Gasteiger charge is 2.11. The van der Waals surface area contributed by atoms with E-state index in [1.807, 2.05) is 38.1 Å². The third kappa shape index (κ3) is 4.10. The molecule has 0 aliphatic carbocycles. The molecule has 1 N–H and O–H groups in total. The van der Waals surface area contributed by atoms with Gasteiger partial charge in [0.05, 0.1) is 10.6 Å². The Kier molecular flexibility index (Phi) is 4.96. The largest absolute Gasteiger partial charge is 0.490 e. The lowest BCUT2D eigenvalue weighted by Gasteiger charge is -2.19. The van der Waals surface area contributed by atoms with Gasteiger partial charge in [0, 0.05) is 18.3 Å². The Labute approximate surface area is 144 Å². The highest BCUT2D eigenvalue weighted by Crippen LogP contribution is 2.33. The van der Waals surface area contributed by atoms with E-state index in [1.54, 1.807) is 0 Å².